The summed E-state index contributed by atoms with van der Waals surface area (Å²) in [6.07, 6.45) is 1.86. The Hall–Kier alpha value is -2.36. The molecule has 0 atom stereocenters. The normalized spacial score (nSPS) is 9.64. The van der Waals surface area contributed by atoms with Crippen LogP contribution in [-0.4, -0.2) is 24.4 Å². The molecule has 22 heavy (non-hydrogen) atoms. The monoisotopic (exact) mass is 304 g/mol. The summed E-state index contributed by atoms with van der Waals surface area (Å²) in [5.74, 6) is 1.49. The maximum absolute atomic E-state index is 9.30. The lowest BCUT2D eigenvalue weighted by Crippen LogP contribution is -1.85. The minimum Gasteiger partial charge on any atom is -0.504 e. The molecule has 4 heteroatoms. The molecule has 0 aromatic heterocycles. The highest BCUT2D eigenvalue weighted by atomic mass is 16.5. The average molecular weight is 304 g/mol. The maximum Gasteiger partial charge on any atom is 0.160 e. The van der Waals surface area contributed by atoms with Crippen molar-refractivity contribution in [1.29, 1.82) is 0 Å². The molecule has 2 aromatic carbocycles. The molecular formula is C18H24O4. The smallest absolute Gasteiger partial charge is 0.160 e. The number of ether oxygens (including phenoxy) is 2. The number of benzene rings is 2. The molecule has 0 aliphatic rings. The Morgan fingerprint density at radius 2 is 1.09 bits per heavy atom. The summed E-state index contributed by atoms with van der Waals surface area (Å²) in [6, 6.07) is 10.9. The Labute approximate surface area is 131 Å². The van der Waals surface area contributed by atoms with Gasteiger partial charge in [-0.25, -0.2) is 0 Å². The molecule has 2 rings (SSSR count). The average Bonchev–Trinajstić information content (AvgIpc) is 2.55. The highest BCUT2D eigenvalue weighted by Crippen LogP contribution is 2.26. The lowest BCUT2D eigenvalue weighted by atomic mass is 10.1. The van der Waals surface area contributed by atoms with Crippen molar-refractivity contribution < 1.29 is 19.7 Å². The first kappa shape index (κ1) is 17.7. The van der Waals surface area contributed by atoms with E-state index in [2.05, 4.69) is 0 Å². The molecular weight excluding hydrogens is 280 g/mol. The van der Waals surface area contributed by atoms with Gasteiger partial charge in [-0.05, 0) is 48.2 Å². The second kappa shape index (κ2) is 8.82. The molecule has 0 fully saturated rings. The number of phenols is 2. The summed E-state index contributed by atoms with van der Waals surface area (Å²) in [5, 5.41) is 18.6. The molecule has 0 heterocycles. The summed E-state index contributed by atoms with van der Waals surface area (Å²) >= 11 is 0. The van der Waals surface area contributed by atoms with Crippen LogP contribution in [0, 0.1) is 0 Å². The second-order valence-corrected chi connectivity index (χ2v) is 4.72. The molecule has 0 aliphatic carbocycles. The van der Waals surface area contributed by atoms with Gasteiger partial charge in [0, 0.05) is 0 Å². The van der Waals surface area contributed by atoms with Crippen LogP contribution in [0.25, 0.3) is 0 Å². The Morgan fingerprint density at radius 1 is 0.727 bits per heavy atom. The third kappa shape index (κ3) is 4.88. The first-order valence-corrected chi connectivity index (χ1v) is 7.27. The summed E-state index contributed by atoms with van der Waals surface area (Å²) in [6.45, 7) is 4.09. The van der Waals surface area contributed by atoms with E-state index in [1.165, 1.54) is 0 Å². The zero-order chi connectivity index (χ0) is 16.5. The van der Waals surface area contributed by atoms with E-state index in [-0.39, 0.29) is 11.5 Å². The predicted molar refractivity (Wildman–Crippen MR) is 88.1 cm³/mol. The van der Waals surface area contributed by atoms with Crippen molar-refractivity contribution in [1.82, 2.24) is 0 Å². The molecule has 0 amide bonds. The first-order chi connectivity index (χ1) is 10.5. The predicted octanol–water partition coefficient (Wildman–Crippen LogP) is 3.93. The fourth-order valence-electron chi connectivity index (χ4n) is 1.91. The van der Waals surface area contributed by atoms with Gasteiger partial charge in [-0.1, -0.05) is 26.0 Å². The standard InChI is InChI=1S/2C9H12O2/c2*1-3-7-4-5-9(11-2)8(10)6-7/h2*4-6,10H,3H2,1-2H3. The summed E-state index contributed by atoms with van der Waals surface area (Å²) in [7, 11) is 3.08. The number of phenolic OH excluding ortho intramolecular Hbond substituents is 2. The maximum atomic E-state index is 9.30. The molecule has 120 valence electrons. The zero-order valence-electron chi connectivity index (χ0n) is 13.6. The van der Waals surface area contributed by atoms with Gasteiger partial charge < -0.3 is 19.7 Å². The first-order valence-electron chi connectivity index (χ1n) is 7.27. The summed E-state index contributed by atoms with van der Waals surface area (Å²) < 4.78 is 9.79. The molecule has 2 N–H and O–H groups in total. The van der Waals surface area contributed by atoms with Gasteiger partial charge in [-0.15, -0.1) is 0 Å². The van der Waals surface area contributed by atoms with Crippen LogP contribution in [-0.2, 0) is 12.8 Å². The van der Waals surface area contributed by atoms with E-state index in [1.54, 1.807) is 38.5 Å². The highest BCUT2D eigenvalue weighted by Gasteiger charge is 2.00. The highest BCUT2D eigenvalue weighted by molar-refractivity contribution is 5.42. The van der Waals surface area contributed by atoms with Crippen LogP contribution in [0.3, 0.4) is 0 Å². The van der Waals surface area contributed by atoms with Gasteiger partial charge in [0.15, 0.2) is 23.0 Å². The van der Waals surface area contributed by atoms with Crippen molar-refractivity contribution in [3.05, 3.63) is 47.5 Å². The van der Waals surface area contributed by atoms with Crippen LogP contribution in [0.2, 0.25) is 0 Å². The molecule has 4 nitrogen and oxygen atoms in total. The largest absolute Gasteiger partial charge is 0.504 e. The van der Waals surface area contributed by atoms with E-state index in [9.17, 15) is 10.2 Å². The lowest BCUT2D eigenvalue weighted by Gasteiger charge is -2.03. The van der Waals surface area contributed by atoms with Crippen LogP contribution < -0.4 is 9.47 Å². The van der Waals surface area contributed by atoms with Crippen molar-refractivity contribution in [2.45, 2.75) is 26.7 Å². The third-order valence-electron chi connectivity index (χ3n) is 3.30. The van der Waals surface area contributed by atoms with Gasteiger partial charge in [-0.3, -0.25) is 0 Å². The molecule has 0 saturated heterocycles. The molecule has 0 aliphatic heterocycles. The van der Waals surface area contributed by atoms with Crippen LogP contribution in [0.4, 0.5) is 0 Å². The Balaban J connectivity index is 0.000000220. The minimum absolute atomic E-state index is 0.215. The van der Waals surface area contributed by atoms with Crippen LogP contribution >= 0.6 is 0 Å². The minimum atomic E-state index is 0.215. The van der Waals surface area contributed by atoms with Gasteiger partial charge in [-0.2, -0.15) is 0 Å². The molecule has 0 bridgehead atoms. The van der Waals surface area contributed by atoms with Crippen molar-refractivity contribution in [2.75, 3.05) is 14.2 Å². The molecule has 0 radical (unpaired) electrons. The summed E-state index contributed by atoms with van der Waals surface area (Å²) in [5.41, 5.74) is 2.23. The van der Waals surface area contributed by atoms with Crippen LogP contribution in [0.5, 0.6) is 23.0 Å². The SMILES string of the molecule is CCc1ccc(OC)c(O)c1.CCc1ccc(OC)c(O)c1. The molecule has 0 spiro atoms. The van der Waals surface area contributed by atoms with E-state index in [0.29, 0.717) is 11.5 Å². The van der Waals surface area contributed by atoms with E-state index in [0.717, 1.165) is 24.0 Å². The van der Waals surface area contributed by atoms with Gasteiger partial charge >= 0.3 is 0 Å². The third-order valence-corrected chi connectivity index (χ3v) is 3.30. The quantitative estimate of drug-likeness (QED) is 0.898. The number of methoxy groups -OCH3 is 2. The van der Waals surface area contributed by atoms with Crippen LogP contribution in [0.15, 0.2) is 36.4 Å². The van der Waals surface area contributed by atoms with Crippen molar-refractivity contribution >= 4 is 0 Å². The summed E-state index contributed by atoms with van der Waals surface area (Å²) in [4.78, 5) is 0. The van der Waals surface area contributed by atoms with Crippen molar-refractivity contribution in [2.24, 2.45) is 0 Å². The molecule has 0 saturated carbocycles. The van der Waals surface area contributed by atoms with Gasteiger partial charge in [0.1, 0.15) is 0 Å². The Morgan fingerprint density at radius 3 is 1.32 bits per heavy atom. The van der Waals surface area contributed by atoms with Gasteiger partial charge in [0.05, 0.1) is 14.2 Å². The number of aromatic hydroxyl groups is 2. The molecule has 2 aromatic rings. The molecule has 0 unspecified atom stereocenters. The van der Waals surface area contributed by atoms with E-state index < -0.39 is 0 Å². The van der Waals surface area contributed by atoms with E-state index >= 15 is 0 Å². The second-order valence-electron chi connectivity index (χ2n) is 4.72. The van der Waals surface area contributed by atoms with Crippen molar-refractivity contribution in [3.8, 4) is 23.0 Å². The van der Waals surface area contributed by atoms with Gasteiger partial charge in [0.2, 0.25) is 0 Å². The van der Waals surface area contributed by atoms with Gasteiger partial charge in [0.25, 0.3) is 0 Å². The van der Waals surface area contributed by atoms with E-state index in [4.69, 9.17) is 9.47 Å². The zero-order valence-corrected chi connectivity index (χ0v) is 13.6. The lowest BCUT2D eigenvalue weighted by molar-refractivity contribution is 0.373. The Kier molecular flexibility index (Phi) is 7.09. The van der Waals surface area contributed by atoms with Crippen molar-refractivity contribution in [3.63, 3.8) is 0 Å². The fraction of sp³-hybridized carbons (Fsp3) is 0.333. The number of hydrogen-bond donors (Lipinski definition) is 2. The number of aryl methyl sites for hydroxylation is 2. The number of rotatable bonds is 4. The van der Waals surface area contributed by atoms with E-state index in [1.807, 2.05) is 26.0 Å². The Bertz CT molecular complexity index is 540. The van der Waals surface area contributed by atoms with Crippen LogP contribution in [0.1, 0.15) is 25.0 Å². The number of hydrogen-bond acceptors (Lipinski definition) is 4. The fourth-order valence-corrected chi connectivity index (χ4v) is 1.91. The topological polar surface area (TPSA) is 58.9 Å².